The molecule has 1 N–H and O–H groups in total. The molecule has 20 heavy (non-hydrogen) atoms. The van der Waals surface area contributed by atoms with E-state index in [9.17, 15) is 9.59 Å². The maximum Gasteiger partial charge on any atom is 0.270 e. The normalized spacial score (nSPS) is 16.8. The second-order valence-corrected chi connectivity index (χ2v) is 5.10. The van der Waals surface area contributed by atoms with Gasteiger partial charge in [-0.3, -0.25) is 9.59 Å². The lowest BCUT2D eigenvalue weighted by Gasteiger charge is -2.25. The number of nitrogens with one attached hydrogen (secondary N) is 1. The lowest BCUT2D eigenvalue weighted by Crippen LogP contribution is -2.31. The van der Waals surface area contributed by atoms with Crippen molar-refractivity contribution in [3.8, 4) is 0 Å². The Balaban J connectivity index is 1.89. The summed E-state index contributed by atoms with van der Waals surface area (Å²) in [6.07, 6.45) is 1.92. The zero-order chi connectivity index (χ0) is 14.1. The topological polar surface area (TPSA) is 53.2 Å². The van der Waals surface area contributed by atoms with Crippen molar-refractivity contribution in [3.63, 3.8) is 0 Å². The highest BCUT2D eigenvalue weighted by Gasteiger charge is 2.28. The van der Waals surface area contributed by atoms with Crippen LogP contribution in [0.2, 0.25) is 0 Å². The third kappa shape index (κ3) is 2.13. The van der Waals surface area contributed by atoms with Crippen molar-refractivity contribution >= 4 is 5.91 Å². The first-order chi connectivity index (χ1) is 9.66. The fraction of sp³-hybridized carbons (Fsp3) is 0.250. The molecule has 0 spiro atoms. The van der Waals surface area contributed by atoms with Gasteiger partial charge in [0.2, 0.25) is 5.56 Å². The van der Waals surface area contributed by atoms with Gasteiger partial charge >= 0.3 is 0 Å². The van der Waals surface area contributed by atoms with E-state index in [0.717, 1.165) is 12.8 Å². The molecule has 0 saturated heterocycles. The Labute approximate surface area is 117 Å². The largest absolute Gasteiger partial charge is 0.333 e. The van der Waals surface area contributed by atoms with Gasteiger partial charge in [0.25, 0.3) is 5.91 Å². The Morgan fingerprint density at radius 1 is 1.20 bits per heavy atom. The highest BCUT2D eigenvalue weighted by Crippen LogP contribution is 2.35. The molecular weight excluding hydrogens is 252 g/mol. The molecule has 0 saturated carbocycles. The van der Waals surface area contributed by atoms with Crippen LogP contribution in [0.15, 0.2) is 47.3 Å². The van der Waals surface area contributed by atoms with Gasteiger partial charge in [0.1, 0.15) is 5.69 Å². The first-order valence-electron chi connectivity index (χ1n) is 6.71. The van der Waals surface area contributed by atoms with Crippen molar-refractivity contribution in [1.29, 1.82) is 0 Å². The molecule has 1 aliphatic rings. The van der Waals surface area contributed by atoms with E-state index >= 15 is 0 Å². The maximum atomic E-state index is 12.4. The summed E-state index contributed by atoms with van der Waals surface area (Å²) >= 11 is 0. The molecule has 1 atom stereocenters. The van der Waals surface area contributed by atoms with Gasteiger partial charge in [-0.15, -0.1) is 0 Å². The van der Waals surface area contributed by atoms with Gasteiger partial charge in [0.15, 0.2) is 0 Å². The molecule has 1 heterocycles. The number of hydrogen-bond acceptors (Lipinski definition) is 2. The van der Waals surface area contributed by atoms with Gasteiger partial charge in [-0.25, -0.2) is 0 Å². The van der Waals surface area contributed by atoms with E-state index in [1.165, 1.54) is 17.2 Å². The summed E-state index contributed by atoms with van der Waals surface area (Å²) < 4.78 is 0. The van der Waals surface area contributed by atoms with E-state index in [1.54, 1.807) is 24.1 Å². The fourth-order valence-corrected chi connectivity index (χ4v) is 2.84. The summed E-state index contributed by atoms with van der Waals surface area (Å²) in [5, 5.41) is 0. The van der Waals surface area contributed by atoms with Crippen molar-refractivity contribution in [1.82, 2.24) is 9.88 Å². The van der Waals surface area contributed by atoms with Crippen LogP contribution < -0.4 is 5.56 Å². The van der Waals surface area contributed by atoms with Crippen LogP contribution in [0, 0.1) is 0 Å². The number of pyridine rings is 1. The second kappa shape index (κ2) is 4.96. The number of nitrogens with zero attached hydrogens (tertiary/aromatic N) is 1. The molecule has 1 aliphatic carbocycles. The molecule has 1 amide bonds. The number of rotatable bonds is 2. The highest BCUT2D eigenvalue weighted by atomic mass is 16.2. The molecule has 4 heteroatoms. The number of aryl methyl sites for hydroxylation is 1. The molecule has 0 fully saturated rings. The number of aromatic amines is 1. The first-order valence-corrected chi connectivity index (χ1v) is 6.71. The fourth-order valence-electron chi connectivity index (χ4n) is 2.84. The van der Waals surface area contributed by atoms with Crippen LogP contribution in [-0.2, 0) is 6.42 Å². The minimum atomic E-state index is -0.254. The van der Waals surface area contributed by atoms with Crippen LogP contribution in [0.5, 0.6) is 0 Å². The lowest BCUT2D eigenvalue weighted by atomic mass is 10.1. The van der Waals surface area contributed by atoms with Gasteiger partial charge in [-0.2, -0.15) is 0 Å². The Kier molecular flexibility index (Phi) is 3.14. The van der Waals surface area contributed by atoms with Gasteiger partial charge in [-0.05, 0) is 30.0 Å². The maximum absolute atomic E-state index is 12.4. The van der Waals surface area contributed by atoms with E-state index in [-0.39, 0.29) is 17.5 Å². The predicted molar refractivity (Wildman–Crippen MR) is 76.7 cm³/mol. The third-order valence-electron chi connectivity index (χ3n) is 3.89. The number of fused-ring (bicyclic) bond motifs is 1. The molecule has 1 aromatic heterocycles. The lowest BCUT2D eigenvalue weighted by molar-refractivity contribution is 0.0724. The van der Waals surface area contributed by atoms with Crippen molar-refractivity contribution < 1.29 is 4.79 Å². The van der Waals surface area contributed by atoms with E-state index in [4.69, 9.17) is 0 Å². The van der Waals surface area contributed by atoms with Crippen LogP contribution in [0.25, 0.3) is 0 Å². The van der Waals surface area contributed by atoms with E-state index in [1.807, 2.05) is 12.1 Å². The van der Waals surface area contributed by atoms with Crippen LogP contribution in [-0.4, -0.2) is 22.8 Å². The molecule has 2 aromatic rings. The number of H-pyrrole nitrogens is 1. The molecule has 0 radical (unpaired) electrons. The molecule has 4 nitrogen and oxygen atoms in total. The summed E-state index contributed by atoms with van der Waals surface area (Å²) in [5.74, 6) is -0.149. The average molecular weight is 268 g/mol. The minimum absolute atomic E-state index is 0.0856. The summed E-state index contributed by atoms with van der Waals surface area (Å²) in [4.78, 5) is 28.1. The van der Waals surface area contributed by atoms with Crippen LogP contribution in [0.3, 0.4) is 0 Å². The standard InChI is InChI=1S/C16H16N2O2/c1-18(16(20)13-7-4-8-15(19)17-13)14-10-9-11-5-2-3-6-12(11)14/h2-8,14H,9-10H2,1H3,(H,17,19). The zero-order valence-electron chi connectivity index (χ0n) is 11.3. The van der Waals surface area contributed by atoms with Gasteiger partial charge in [0, 0.05) is 13.1 Å². The Morgan fingerprint density at radius 3 is 2.80 bits per heavy atom. The average Bonchev–Trinajstić information content (AvgIpc) is 2.89. The first kappa shape index (κ1) is 12.7. The van der Waals surface area contributed by atoms with Gasteiger partial charge < -0.3 is 9.88 Å². The number of benzene rings is 1. The molecular formula is C16H16N2O2. The minimum Gasteiger partial charge on any atom is -0.333 e. The Morgan fingerprint density at radius 2 is 2.00 bits per heavy atom. The van der Waals surface area contributed by atoms with Crippen LogP contribution in [0.4, 0.5) is 0 Å². The summed E-state index contributed by atoms with van der Waals surface area (Å²) in [6.45, 7) is 0. The molecule has 1 unspecified atom stereocenters. The third-order valence-corrected chi connectivity index (χ3v) is 3.89. The van der Waals surface area contributed by atoms with Crippen molar-refractivity contribution in [2.45, 2.75) is 18.9 Å². The van der Waals surface area contributed by atoms with E-state index in [2.05, 4.69) is 17.1 Å². The number of carbonyl (C=O) groups excluding carboxylic acids is 1. The number of carbonyl (C=O) groups is 1. The van der Waals surface area contributed by atoms with Crippen LogP contribution >= 0.6 is 0 Å². The van der Waals surface area contributed by atoms with Crippen molar-refractivity contribution in [3.05, 3.63) is 69.6 Å². The summed E-state index contributed by atoms with van der Waals surface area (Å²) in [7, 11) is 1.79. The highest BCUT2D eigenvalue weighted by molar-refractivity contribution is 5.92. The predicted octanol–water partition coefficient (Wildman–Crippen LogP) is 2.13. The quantitative estimate of drug-likeness (QED) is 0.907. The molecule has 0 aliphatic heterocycles. The smallest absolute Gasteiger partial charge is 0.270 e. The van der Waals surface area contributed by atoms with E-state index < -0.39 is 0 Å². The van der Waals surface area contributed by atoms with Crippen molar-refractivity contribution in [2.75, 3.05) is 7.05 Å². The van der Waals surface area contributed by atoms with Gasteiger partial charge in [-0.1, -0.05) is 30.3 Å². The summed E-state index contributed by atoms with van der Waals surface area (Å²) in [6, 6.07) is 12.9. The Bertz CT molecular complexity index is 705. The van der Waals surface area contributed by atoms with Crippen molar-refractivity contribution in [2.24, 2.45) is 0 Å². The molecule has 0 bridgehead atoms. The number of hydrogen-bond donors (Lipinski definition) is 1. The van der Waals surface area contributed by atoms with Gasteiger partial charge in [0.05, 0.1) is 6.04 Å². The molecule has 102 valence electrons. The second-order valence-electron chi connectivity index (χ2n) is 5.10. The summed E-state index contributed by atoms with van der Waals surface area (Å²) in [5.41, 5.74) is 2.60. The number of amides is 1. The van der Waals surface area contributed by atoms with Crippen LogP contribution in [0.1, 0.15) is 34.1 Å². The monoisotopic (exact) mass is 268 g/mol. The Hall–Kier alpha value is -2.36. The number of aromatic nitrogens is 1. The SMILES string of the molecule is CN(C(=O)c1cccc(=O)[nH]1)C1CCc2ccccc21. The van der Waals surface area contributed by atoms with E-state index in [0.29, 0.717) is 5.69 Å². The zero-order valence-corrected chi connectivity index (χ0v) is 11.3. The molecule has 1 aromatic carbocycles. The molecule has 3 rings (SSSR count).